The smallest absolute Gasteiger partial charge is 0.216 e. The summed E-state index contributed by atoms with van der Waals surface area (Å²) in [7, 11) is 4.87. The fourth-order valence-electron chi connectivity index (χ4n) is 4.68. The van der Waals surface area contributed by atoms with Crippen LogP contribution < -0.4 is 25.0 Å². The van der Waals surface area contributed by atoms with E-state index in [9.17, 15) is 9.59 Å². The van der Waals surface area contributed by atoms with Crippen molar-refractivity contribution in [2.75, 3.05) is 38.0 Å². The third kappa shape index (κ3) is 4.00. The molecule has 0 radical (unpaired) electrons. The zero-order valence-corrected chi connectivity index (χ0v) is 20.2. The average molecular weight is 463 g/mol. The minimum absolute atomic E-state index is 0.0458. The van der Waals surface area contributed by atoms with Crippen LogP contribution in [0.4, 0.5) is 11.4 Å². The Morgan fingerprint density at radius 2 is 1.85 bits per heavy atom. The van der Waals surface area contributed by atoms with Crippen molar-refractivity contribution in [3.05, 3.63) is 59.3 Å². The number of allylic oxidation sites excluding steroid dienone is 1. The maximum absolute atomic E-state index is 14.1. The number of nitrogens with one attached hydrogen (secondary N) is 2. The Bertz CT molecular complexity index is 1150. The lowest BCUT2D eigenvalue weighted by atomic mass is 9.90. The number of carbonyl (C=O) groups is 2. The first-order valence-electron chi connectivity index (χ1n) is 11.2. The van der Waals surface area contributed by atoms with Crippen LogP contribution in [-0.4, -0.2) is 50.9 Å². The highest BCUT2D eigenvalue weighted by Crippen LogP contribution is 2.43. The van der Waals surface area contributed by atoms with E-state index in [1.807, 2.05) is 42.2 Å². The first-order valence-corrected chi connectivity index (χ1v) is 11.2. The van der Waals surface area contributed by atoms with Crippen LogP contribution in [0.25, 0.3) is 0 Å². The fourth-order valence-corrected chi connectivity index (χ4v) is 4.68. The van der Waals surface area contributed by atoms with Crippen molar-refractivity contribution in [2.45, 2.75) is 32.2 Å². The highest BCUT2D eigenvalue weighted by atomic mass is 16.5. The second kappa shape index (κ2) is 9.21. The van der Waals surface area contributed by atoms with Gasteiger partial charge < -0.3 is 25.0 Å². The average Bonchev–Trinajstić information content (AvgIpc) is 3.35. The van der Waals surface area contributed by atoms with E-state index in [1.165, 1.54) is 6.92 Å². The molecule has 178 valence electrons. The Hall–Kier alpha value is -3.81. The number of rotatable bonds is 6. The molecule has 0 saturated carbocycles. The molecule has 0 bridgehead atoms. The summed E-state index contributed by atoms with van der Waals surface area (Å²) in [5, 5.41) is 6.26. The van der Waals surface area contributed by atoms with Gasteiger partial charge >= 0.3 is 0 Å². The van der Waals surface area contributed by atoms with E-state index < -0.39 is 5.54 Å². The van der Waals surface area contributed by atoms with E-state index in [1.54, 1.807) is 27.3 Å². The Labute approximate surface area is 199 Å². The zero-order chi connectivity index (χ0) is 24.5. The number of ketones is 1. The number of methoxy groups -OCH3 is 2. The summed E-state index contributed by atoms with van der Waals surface area (Å²) in [6, 6.07) is 13.5. The zero-order valence-electron chi connectivity index (χ0n) is 20.2. The van der Waals surface area contributed by atoms with Gasteiger partial charge in [-0.15, -0.1) is 0 Å². The standard InChI is InChI=1S/C26H30N4O4/c1-16(31)28-11-10-26(2)24(32)23(22-12-17-8-6-7-9-21(17)29-22)25(27-3)30(26)18-13-19(33-4)15-20(14-18)34-5/h6-9,13-15,29H,10-12H2,1-5H3,(H,28,31)/t26-/m0/s1. The van der Waals surface area contributed by atoms with E-state index in [0.717, 1.165) is 22.6 Å². The lowest BCUT2D eigenvalue weighted by Gasteiger charge is -2.35. The van der Waals surface area contributed by atoms with Gasteiger partial charge in [0.05, 0.1) is 25.5 Å². The molecule has 2 aliphatic heterocycles. The van der Waals surface area contributed by atoms with Crippen molar-refractivity contribution in [3.8, 4) is 11.5 Å². The predicted octanol–water partition coefficient (Wildman–Crippen LogP) is 3.33. The first kappa shape index (κ1) is 23.4. The second-order valence-electron chi connectivity index (χ2n) is 8.60. The van der Waals surface area contributed by atoms with E-state index in [4.69, 9.17) is 9.47 Å². The Morgan fingerprint density at radius 1 is 1.18 bits per heavy atom. The molecule has 2 heterocycles. The Balaban J connectivity index is 1.86. The second-order valence-corrected chi connectivity index (χ2v) is 8.60. The minimum Gasteiger partial charge on any atom is -0.497 e. The Morgan fingerprint density at radius 3 is 2.44 bits per heavy atom. The van der Waals surface area contributed by atoms with Crippen molar-refractivity contribution < 1.29 is 19.1 Å². The minimum atomic E-state index is -0.979. The number of hydrogen-bond acceptors (Lipinski definition) is 6. The number of nitrogens with zero attached hydrogens (tertiary/aromatic N) is 2. The lowest BCUT2D eigenvalue weighted by molar-refractivity contribution is -0.120. The molecule has 8 heteroatoms. The molecule has 8 nitrogen and oxygen atoms in total. The highest BCUT2D eigenvalue weighted by molar-refractivity contribution is 6.37. The van der Waals surface area contributed by atoms with Gasteiger partial charge in [0.15, 0.2) is 5.78 Å². The van der Waals surface area contributed by atoms with Gasteiger partial charge in [0.1, 0.15) is 22.9 Å². The number of amides is 1. The number of hydrogen-bond donors (Lipinski definition) is 2. The molecule has 1 fully saturated rings. The van der Waals surface area contributed by atoms with Gasteiger partial charge in [-0.1, -0.05) is 18.2 Å². The summed E-state index contributed by atoms with van der Waals surface area (Å²) in [5.41, 5.74) is 3.26. The number of carbonyl (C=O) groups excluding carboxylic acids is 2. The summed E-state index contributed by atoms with van der Waals surface area (Å²) < 4.78 is 11.0. The molecular formula is C26H30N4O4. The van der Waals surface area contributed by atoms with Crippen LogP contribution in [0.3, 0.4) is 0 Å². The quantitative estimate of drug-likeness (QED) is 0.640. The van der Waals surface area contributed by atoms with Crippen molar-refractivity contribution in [3.63, 3.8) is 0 Å². The van der Waals surface area contributed by atoms with Gasteiger partial charge in [0.25, 0.3) is 0 Å². The fraction of sp³-hybridized carbons (Fsp3) is 0.346. The molecule has 1 saturated heterocycles. The molecule has 4 rings (SSSR count). The molecule has 1 atom stereocenters. The van der Waals surface area contributed by atoms with Gasteiger partial charge in [0, 0.05) is 56.5 Å². The number of anilines is 2. The number of amidine groups is 1. The SMILES string of the molecule is CN=C1C(=C2Cc3ccccc3N2)C(=O)[C@](C)(CCNC(C)=O)N1c1cc(OC)cc(OC)c1. The van der Waals surface area contributed by atoms with E-state index in [0.29, 0.717) is 42.3 Å². The van der Waals surface area contributed by atoms with Crippen LogP contribution in [0.15, 0.2) is 58.7 Å². The number of fused-ring (bicyclic) bond motifs is 1. The summed E-state index contributed by atoms with van der Waals surface area (Å²) in [4.78, 5) is 32.2. The molecule has 2 aromatic carbocycles. The molecule has 0 aliphatic carbocycles. The largest absolute Gasteiger partial charge is 0.497 e. The van der Waals surface area contributed by atoms with Crippen molar-refractivity contribution in [1.29, 1.82) is 0 Å². The number of para-hydroxylation sites is 1. The first-order chi connectivity index (χ1) is 16.3. The van der Waals surface area contributed by atoms with Gasteiger partial charge in [-0.05, 0) is 25.0 Å². The van der Waals surface area contributed by atoms with Crippen LogP contribution in [0.5, 0.6) is 11.5 Å². The summed E-state index contributed by atoms with van der Waals surface area (Å²) >= 11 is 0. The van der Waals surface area contributed by atoms with Gasteiger partial charge in [0.2, 0.25) is 5.91 Å². The third-order valence-corrected chi connectivity index (χ3v) is 6.41. The molecule has 2 aliphatic rings. The van der Waals surface area contributed by atoms with Gasteiger partial charge in [-0.3, -0.25) is 14.6 Å². The van der Waals surface area contributed by atoms with E-state index >= 15 is 0 Å². The molecule has 0 spiro atoms. The normalized spacial score (nSPS) is 22.6. The van der Waals surface area contributed by atoms with Crippen molar-refractivity contribution in [1.82, 2.24) is 5.32 Å². The summed E-state index contributed by atoms with van der Waals surface area (Å²) in [6.45, 7) is 3.71. The van der Waals surface area contributed by atoms with Gasteiger partial charge in [-0.25, -0.2) is 0 Å². The Kier molecular flexibility index (Phi) is 6.32. The van der Waals surface area contributed by atoms with Crippen LogP contribution >= 0.6 is 0 Å². The molecule has 2 N–H and O–H groups in total. The van der Waals surface area contributed by atoms with Gasteiger partial charge in [-0.2, -0.15) is 0 Å². The lowest BCUT2D eigenvalue weighted by Crippen LogP contribution is -2.49. The third-order valence-electron chi connectivity index (χ3n) is 6.41. The molecule has 0 unspecified atom stereocenters. The molecule has 2 aromatic rings. The van der Waals surface area contributed by atoms with E-state index in [-0.39, 0.29) is 11.7 Å². The van der Waals surface area contributed by atoms with Crippen LogP contribution in [0.2, 0.25) is 0 Å². The van der Waals surface area contributed by atoms with E-state index in [2.05, 4.69) is 21.7 Å². The molecular weight excluding hydrogens is 432 g/mol. The van der Waals surface area contributed by atoms with Crippen LogP contribution in [-0.2, 0) is 16.0 Å². The number of benzene rings is 2. The summed E-state index contributed by atoms with van der Waals surface area (Å²) in [5.74, 6) is 1.60. The molecule has 0 aromatic heterocycles. The monoisotopic (exact) mass is 462 g/mol. The summed E-state index contributed by atoms with van der Waals surface area (Å²) in [6.07, 6.45) is 1.01. The molecule has 1 amide bonds. The van der Waals surface area contributed by atoms with Crippen LogP contribution in [0, 0.1) is 0 Å². The molecule has 34 heavy (non-hydrogen) atoms. The number of aliphatic imine (C=N–C) groups is 1. The maximum atomic E-state index is 14.1. The van der Waals surface area contributed by atoms with Crippen molar-refractivity contribution in [2.24, 2.45) is 4.99 Å². The highest BCUT2D eigenvalue weighted by Gasteiger charge is 2.53. The topological polar surface area (TPSA) is 92.3 Å². The predicted molar refractivity (Wildman–Crippen MR) is 133 cm³/mol. The van der Waals surface area contributed by atoms with Crippen LogP contribution in [0.1, 0.15) is 25.8 Å². The number of ether oxygens (including phenoxy) is 2. The van der Waals surface area contributed by atoms with Crippen molar-refractivity contribution >= 4 is 28.9 Å². The number of Topliss-reactive ketones (excluding diaryl/α,β-unsaturated/α-hetero) is 1. The maximum Gasteiger partial charge on any atom is 0.216 e.